The summed E-state index contributed by atoms with van der Waals surface area (Å²) in [5.74, 6) is 0. The molecule has 0 aromatic rings. The molecule has 0 fully saturated rings. The van der Waals surface area contributed by atoms with E-state index in [1.807, 2.05) is 13.0 Å². The van der Waals surface area contributed by atoms with Gasteiger partial charge in [0.1, 0.15) is 12.9 Å². The first kappa shape index (κ1) is 11.2. The average molecular weight is 200 g/mol. The minimum atomic E-state index is -0.968. The van der Waals surface area contributed by atoms with Crippen LogP contribution in [0.2, 0.25) is 0 Å². The van der Waals surface area contributed by atoms with Crippen LogP contribution in [0.4, 0.5) is 4.39 Å². The minimum Gasteiger partial charge on any atom is -0.377 e. The van der Waals surface area contributed by atoms with Crippen molar-refractivity contribution >= 4 is 0 Å². The third-order valence-electron chi connectivity index (χ3n) is 2.19. The molecule has 0 amide bonds. The van der Waals surface area contributed by atoms with Gasteiger partial charge in [0, 0.05) is 11.7 Å². The fourth-order valence-electron chi connectivity index (χ4n) is 1.46. The van der Waals surface area contributed by atoms with E-state index in [1.54, 1.807) is 6.08 Å². The van der Waals surface area contributed by atoms with Crippen LogP contribution >= 0.6 is 0 Å². The number of rotatable bonds is 4. The Morgan fingerprint density at radius 1 is 1.64 bits per heavy atom. The second kappa shape index (κ2) is 5.78. The molecular weight excluding hydrogens is 183 g/mol. The first-order valence-corrected chi connectivity index (χ1v) is 4.88. The summed E-state index contributed by atoms with van der Waals surface area (Å²) in [5.41, 5.74) is 0.774. The van der Waals surface area contributed by atoms with Crippen molar-refractivity contribution in [2.24, 2.45) is 0 Å². The Morgan fingerprint density at radius 2 is 2.43 bits per heavy atom. The average Bonchev–Trinajstić information content (AvgIpc) is 2.34. The van der Waals surface area contributed by atoms with Crippen LogP contribution in [-0.4, -0.2) is 30.6 Å². The fourth-order valence-corrected chi connectivity index (χ4v) is 1.46. The first-order chi connectivity index (χ1) is 6.77. The second-order valence-electron chi connectivity index (χ2n) is 3.20. The van der Waals surface area contributed by atoms with Crippen LogP contribution in [0.25, 0.3) is 0 Å². The van der Waals surface area contributed by atoms with Crippen molar-refractivity contribution in [1.29, 1.82) is 0 Å². The molecule has 4 heteroatoms. The van der Waals surface area contributed by atoms with Crippen LogP contribution in [0.1, 0.15) is 13.3 Å². The van der Waals surface area contributed by atoms with E-state index in [1.165, 1.54) is 6.08 Å². The molecule has 0 saturated carbocycles. The number of aliphatic hydroxyl groups excluding tert-OH is 1. The molecular formula is C10H17FN2O. The summed E-state index contributed by atoms with van der Waals surface area (Å²) in [6, 6.07) is -0.158. The molecule has 1 aliphatic rings. The van der Waals surface area contributed by atoms with Crippen LogP contribution in [0.15, 0.2) is 23.9 Å². The standard InChI is InChI=1S/C10H17FN2O/c1-2-12-10-6-4-8(13-7-14)3-5-9(10)11/h3-5,9-10,12-14H,2,6-7H2,1H3. The molecule has 14 heavy (non-hydrogen) atoms. The van der Waals surface area contributed by atoms with Gasteiger partial charge in [-0.1, -0.05) is 13.0 Å². The molecule has 3 nitrogen and oxygen atoms in total. The molecule has 0 heterocycles. The maximum atomic E-state index is 13.4. The molecule has 0 aliphatic heterocycles. The highest BCUT2D eigenvalue weighted by Crippen LogP contribution is 2.13. The minimum absolute atomic E-state index is 0.126. The van der Waals surface area contributed by atoms with Gasteiger partial charge in [-0.2, -0.15) is 0 Å². The van der Waals surface area contributed by atoms with Gasteiger partial charge >= 0.3 is 0 Å². The summed E-state index contributed by atoms with van der Waals surface area (Å²) >= 11 is 0. The topological polar surface area (TPSA) is 44.3 Å². The Bertz CT molecular complexity index is 228. The molecule has 1 aliphatic carbocycles. The van der Waals surface area contributed by atoms with Crippen LogP contribution < -0.4 is 10.6 Å². The number of nitrogens with one attached hydrogen (secondary N) is 2. The number of hydrogen-bond donors (Lipinski definition) is 3. The third-order valence-corrected chi connectivity index (χ3v) is 2.19. The number of aliphatic hydroxyl groups is 1. The van der Waals surface area contributed by atoms with Crippen LogP contribution in [-0.2, 0) is 0 Å². The summed E-state index contributed by atoms with van der Waals surface area (Å²) < 4.78 is 13.4. The predicted molar refractivity (Wildman–Crippen MR) is 54.4 cm³/mol. The number of allylic oxidation sites excluding steroid dienone is 1. The van der Waals surface area contributed by atoms with Gasteiger partial charge < -0.3 is 15.7 Å². The van der Waals surface area contributed by atoms with E-state index in [4.69, 9.17) is 5.11 Å². The fraction of sp³-hybridized carbons (Fsp3) is 0.600. The van der Waals surface area contributed by atoms with Gasteiger partial charge in [0.25, 0.3) is 0 Å². The highest BCUT2D eigenvalue weighted by molar-refractivity contribution is 5.21. The van der Waals surface area contributed by atoms with Crippen molar-refractivity contribution < 1.29 is 9.50 Å². The zero-order valence-corrected chi connectivity index (χ0v) is 8.33. The quantitative estimate of drug-likeness (QED) is 0.585. The summed E-state index contributed by atoms with van der Waals surface area (Å²) in [6.07, 6.45) is 4.72. The van der Waals surface area contributed by atoms with E-state index in [9.17, 15) is 4.39 Å². The van der Waals surface area contributed by atoms with Crippen LogP contribution in [0.5, 0.6) is 0 Å². The molecule has 0 aromatic heterocycles. The van der Waals surface area contributed by atoms with Crippen LogP contribution in [0.3, 0.4) is 0 Å². The lowest BCUT2D eigenvalue weighted by Gasteiger charge is -2.16. The largest absolute Gasteiger partial charge is 0.377 e. The Balaban J connectivity index is 2.58. The molecule has 80 valence electrons. The van der Waals surface area contributed by atoms with E-state index < -0.39 is 6.17 Å². The van der Waals surface area contributed by atoms with E-state index in [2.05, 4.69) is 10.6 Å². The Hall–Kier alpha value is -0.870. The van der Waals surface area contributed by atoms with E-state index in [0.29, 0.717) is 6.42 Å². The molecule has 1 rings (SSSR count). The summed E-state index contributed by atoms with van der Waals surface area (Å²) in [5, 5.41) is 14.5. The molecule has 0 bridgehead atoms. The van der Waals surface area contributed by atoms with Gasteiger partial charge in [0.15, 0.2) is 0 Å². The molecule has 2 atom stereocenters. The lowest BCUT2D eigenvalue weighted by molar-refractivity contribution is 0.276. The Kier molecular flexibility index (Phi) is 4.62. The maximum absolute atomic E-state index is 13.4. The molecule has 3 N–H and O–H groups in total. The summed E-state index contributed by atoms with van der Waals surface area (Å²) in [6.45, 7) is 2.59. The highest BCUT2D eigenvalue weighted by Gasteiger charge is 2.18. The smallest absolute Gasteiger partial charge is 0.134 e. The summed E-state index contributed by atoms with van der Waals surface area (Å²) in [4.78, 5) is 0. The molecule has 0 spiro atoms. The van der Waals surface area contributed by atoms with Crippen molar-refractivity contribution in [3.63, 3.8) is 0 Å². The second-order valence-corrected chi connectivity index (χ2v) is 3.20. The maximum Gasteiger partial charge on any atom is 0.134 e. The van der Waals surface area contributed by atoms with Gasteiger partial charge in [0.2, 0.25) is 0 Å². The third kappa shape index (κ3) is 3.12. The van der Waals surface area contributed by atoms with E-state index in [-0.39, 0.29) is 12.8 Å². The van der Waals surface area contributed by atoms with Crippen molar-refractivity contribution in [3.8, 4) is 0 Å². The van der Waals surface area contributed by atoms with Gasteiger partial charge in [-0.05, 0) is 25.1 Å². The van der Waals surface area contributed by atoms with Crippen molar-refractivity contribution in [3.05, 3.63) is 23.9 Å². The number of alkyl halides is 1. The van der Waals surface area contributed by atoms with Crippen molar-refractivity contribution in [2.45, 2.75) is 25.6 Å². The first-order valence-electron chi connectivity index (χ1n) is 4.88. The Labute approximate surface area is 83.7 Å². The lowest BCUT2D eigenvalue weighted by atomic mass is 10.1. The van der Waals surface area contributed by atoms with E-state index in [0.717, 1.165) is 12.2 Å². The number of halogens is 1. The van der Waals surface area contributed by atoms with Crippen molar-refractivity contribution in [2.75, 3.05) is 13.3 Å². The highest BCUT2D eigenvalue weighted by atomic mass is 19.1. The van der Waals surface area contributed by atoms with E-state index >= 15 is 0 Å². The predicted octanol–water partition coefficient (Wildman–Crippen LogP) is 0.686. The monoisotopic (exact) mass is 200 g/mol. The van der Waals surface area contributed by atoms with Gasteiger partial charge in [-0.25, -0.2) is 4.39 Å². The molecule has 0 saturated heterocycles. The van der Waals surface area contributed by atoms with Gasteiger partial charge in [0.05, 0.1) is 0 Å². The van der Waals surface area contributed by atoms with Crippen LogP contribution in [0, 0.1) is 0 Å². The normalized spacial score (nSPS) is 26.9. The molecule has 2 unspecified atom stereocenters. The van der Waals surface area contributed by atoms with Crippen molar-refractivity contribution in [1.82, 2.24) is 10.6 Å². The SMILES string of the molecule is CCNC1CC=C(NCO)C=CC1F. The summed E-state index contributed by atoms with van der Waals surface area (Å²) in [7, 11) is 0. The zero-order chi connectivity index (χ0) is 10.4. The molecule has 0 aromatic carbocycles. The number of hydrogen-bond acceptors (Lipinski definition) is 3. The van der Waals surface area contributed by atoms with Gasteiger partial charge in [-0.15, -0.1) is 0 Å². The molecule has 0 radical (unpaired) electrons. The zero-order valence-electron chi connectivity index (χ0n) is 8.33. The Morgan fingerprint density at radius 3 is 3.07 bits per heavy atom. The van der Waals surface area contributed by atoms with Gasteiger partial charge in [-0.3, -0.25) is 0 Å². The lowest BCUT2D eigenvalue weighted by Crippen LogP contribution is -2.35.